The first-order valence-electron chi connectivity index (χ1n) is 8.14. The summed E-state index contributed by atoms with van der Waals surface area (Å²) in [5.74, 6) is 0.650. The van der Waals surface area contributed by atoms with E-state index in [4.69, 9.17) is 14.2 Å². The SMILES string of the molecule is COc1ccc(Br)cc1C=NNC(=O)CNC(=O)c1ccc(OC)c(OC)c1. The van der Waals surface area contributed by atoms with Crippen molar-refractivity contribution >= 4 is 34.0 Å². The van der Waals surface area contributed by atoms with Crippen LogP contribution in [-0.2, 0) is 4.79 Å². The maximum atomic E-state index is 12.2. The summed E-state index contributed by atoms with van der Waals surface area (Å²) in [6.45, 7) is -0.236. The fourth-order valence-electron chi connectivity index (χ4n) is 2.26. The predicted molar refractivity (Wildman–Crippen MR) is 108 cm³/mol. The number of hydrogen-bond acceptors (Lipinski definition) is 6. The maximum absolute atomic E-state index is 12.2. The van der Waals surface area contributed by atoms with E-state index in [1.54, 1.807) is 31.4 Å². The Hall–Kier alpha value is -3.07. The van der Waals surface area contributed by atoms with Gasteiger partial charge in [0.2, 0.25) is 0 Å². The second kappa shape index (κ2) is 10.3. The zero-order chi connectivity index (χ0) is 20.5. The highest BCUT2D eigenvalue weighted by molar-refractivity contribution is 9.10. The molecule has 2 aromatic carbocycles. The van der Waals surface area contributed by atoms with Crippen LogP contribution in [-0.4, -0.2) is 45.9 Å². The summed E-state index contributed by atoms with van der Waals surface area (Å²) >= 11 is 3.36. The fraction of sp³-hybridized carbons (Fsp3) is 0.211. The van der Waals surface area contributed by atoms with E-state index in [1.807, 2.05) is 6.07 Å². The first-order chi connectivity index (χ1) is 13.5. The van der Waals surface area contributed by atoms with Crippen molar-refractivity contribution in [2.45, 2.75) is 0 Å². The van der Waals surface area contributed by atoms with E-state index in [-0.39, 0.29) is 6.54 Å². The highest BCUT2D eigenvalue weighted by Gasteiger charge is 2.11. The molecule has 0 aromatic heterocycles. The van der Waals surface area contributed by atoms with Gasteiger partial charge < -0.3 is 19.5 Å². The zero-order valence-electron chi connectivity index (χ0n) is 15.6. The molecule has 0 spiro atoms. The van der Waals surface area contributed by atoms with Crippen molar-refractivity contribution < 1.29 is 23.8 Å². The van der Waals surface area contributed by atoms with Gasteiger partial charge in [0.25, 0.3) is 11.8 Å². The van der Waals surface area contributed by atoms with E-state index in [0.29, 0.717) is 28.4 Å². The van der Waals surface area contributed by atoms with Gasteiger partial charge in [-0.3, -0.25) is 9.59 Å². The number of nitrogens with zero attached hydrogens (tertiary/aromatic N) is 1. The molecule has 2 amide bonds. The molecule has 28 heavy (non-hydrogen) atoms. The lowest BCUT2D eigenvalue weighted by Crippen LogP contribution is -2.34. The molecule has 0 saturated carbocycles. The van der Waals surface area contributed by atoms with Gasteiger partial charge in [-0.15, -0.1) is 0 Å². The van der Waals surface area contributed by atoms with E-state index >= 15 is 0 Å². The van der Waals surface area contributed by atoms with Crippen molar-refractivity contribution in [1.82, 2.24) is 10.7 Å². The monoisotopic (exact) mass is 449 g/mol. The molecule has 0 aliphatic rings. The second-order valence-electron chi connectivity index (χ2n) is 5.43. The summed E-state index contributed by atoms with van der Waals surface area (Å²) in [6, 6.07) is 10.1. The lowest BCUT2D eigenvalue weighted by molar-refractivity contribution is -0.120. The van der Waals surface area contributed by atoms with Crippen LogP contribution in [0.25, 0.3) is 0 Å². The minimum absolute atomic E-state index is 0.236. The summed E-state index contributed by atoms with van der Waals surface area (Å²) in [5, 5.41) is 6.39. The Bertz CT molecular complexity index is 886. The molecule has 0 heterocycles. The van der Waals surface area contributed by atoms with Crippen LogP contribution in [0.2, 0.25) is 0 Å². The molecule has 0 radical (unpaired) electrons. The van der Waals surface area contributed by atoms with Crippen molar-refractivity contribution in [3.63, 3.8) is 0 Å². The molecule has 0 fully saturated rings. The van der Waals surface area contributed by atoms with Gasteiger partial charge in [-0.25, -0.2) is 5.43 Å². The van der Waals surface area contributed by atoms with Gasteiger partial charge in [-0.2, -0.15) is 5.10 Å². The van der Waals surface area contributed by atoms with E-state index in [2.05, 4.69) is 31.8 Å². The van der Waals surface area contributed by atoms with Crippen molar-refractivity contribution in [2.75, 3.05) is 27.9 Å². The normalized spacial score (nSPS) is 10.4. The molecular weight excluding hydrogens is 430 g/mol. The molecule has 2 rings (SSSR count). The molecule has 0 bridgehead atoms. The fourth-order valence-corrected chi connectivity index (χ4v) is 2.64. The minimum atomic E-state index is -0.473. The minimum Gasteiger partial charge on any atom is -0.496 e. The summed E-state index contributed by atoms with van der Waals surface area (Å²) in [7, 11) is 4.53. The van der Waals surface area contributed by atoms with Crippen LogP contribution in [0.4, 0.5) is 0 Å². The van der Waals surface area contributed by atoms with Gasteiger partial charge in [0.05, 0.1) is 34.1 Å². The Morgan fingerprint density at radius 2 is 1.68 bits per heavy atom. The second-order valence-corrected chi connectivity index (χ2v) is 6.35. The number of carbonyl (C=O) groups excluding carboxylic acids is 2. The predicted octanol–water partition coefficient (Wildman–Crippen LogP) is 2.36. The lowest BCUT2D eigenvalue weighted by Gasteiger charge is -2.09. The third-order valence-electron chi connectivity index (χ3n) is 3.64. The standard InChI is InChI=1S/C19H20BrN3O5/c1-26-15-7-5-14(20)8-13(15)10-22-23-18(24)11-21-19(25)12-4-6-16(27-2)17(9-12)28-3/h4-10H,11H2,1-3H3,(H,21,25)(H,23,24). The average Bonchev–Trinajstić information content (AvgIpc) is 2.71. The Labute approximate surface area is 171 Å². The van der Waals surface area contributed by atoms with Gasteiger partial charge in [0.15, 0.2) is 11.5 Å². The van der Waals surface area contributed by atoms with Crippen LogP contribution in [0, 0.1) is 0 Å². The Morgan fingerprint density at radius 1 is 1.00 bits per heavy atom. The topological polar surface area (TPSA) is 98.2 Å². The zero-order valence-corrected chi connectivity index (χ0v) is 17.2. The largest absolute Gasteiger partial charge is 0.496 e. The number of hydrazone groups is 1. The first kappa shape index (κ1) is 21.2. The number of hydrogen-bond donors (Lipinski definition) is 2. The molecule has 0 unspecified atom stereocenters. The number of halogens is 1. The number of methoxy groups -OCH3 is 3. The number of amides is 2. The van der Waals surface area contributed by atoms with Crippen LogP contribution in [0.1, 0.15) is 15.9 Å². The number of nitrogens with one attached hydrogen (secondary N) is 2. The Kier molecular flexibility index (Phi) is 7.82. The van der Waals surface area contributed by atoms with Gasteiger partial charge in [-0.05, 0) is 36.4 Å². The summed E-state index contributed by atoms with van der Waals surface area (Å²) in [6.07, 6.45) is 1.46. The van der Waals surface area contributed by atoms with Crippen LogP contribution < -0.4 is 25.0 Å². The molecule has 8 nitrogen and oxygen atoms in total. The number of rotatable bonds is 8. The van der Waals surface area contributed by atoms with Crippen molar-refractivity contribution in [3.05, 3.63) is 52.0 Å². The molecule has 2 aromatic rings. The van der Waals surface area contributed by atoms with Crippen LogP contribution in [0.3, 0.4) is 0 Å². The van der Waals surface area contributed by atoms with E-state index < -0.39 is 11.8 Å². The van der Waals surface area contributed by atoms with E-state index in [1.165, 1.54) is 26.5 Å². The van der Waals surface area contributed by atoms with Crippen LogP contribution in [0.5, 0.6) is 17.2 Å². The maximum Gasteiger partial charge on any atom is 0.259 e. The van der Waals surface area contributed by atoms with Gasteiger partial charge in [-0.1, -0.05) is 15.9 Å². The molecule has 0 saturated heterocycles. The molecule has 9 heteroatoms. The first-order valence-corrected chi connectivity index (χ1v) is 8.93. The molecule has 148 valence electrons. The van der Waals surface area contributed by atoms with Gasteiger partial charge in [0, 0.05) is 15.6 Å². The van der Waals surface area contributed by atoms with E-state index in [9.17, 15) is 9.59 Å². The summed E-state index contributed by atoms with van der Waals surface area (Å²) in [4.78, 5) is 24.1. The highest BCUT2D eigenvalue weighted by atomic mass is 79.9. The van der Waals surface area contributed by atoms with E-state index in [0.717, 1.165) is 4.47 Å². The Morgan fingerprint density at radius 3 is 2.36 bits per heavy atom. The molecule has 2 N–H and O–H groups in total. The van der Waals surface area contributed by atoms with Gasteiger partial charge in [0.1, 0.15) is 5.75 Å². The summed E-state index contributed by atoms with van der Waals surface area (Å²) in [5.41, 5.74) is 3.38. The molecule has 0 atom stereocenters. The summed E-state index contributed by atoms with van der Waals surface area (Å²) < 4.78 is 16.4. The number of benzene rings is 2. The number of ether oxygens (including phenoxy) is 3. The third-order valence-corrected chi connectivity index (χ3v) is 4.13. The lowest BCUT2D eigenvalue weighted by atomic mass is 10.2. The quantitative estimate of drug-likeness (QED) is 0.476. The van der Waals surface area contributed by atoms with Crippen molar-refractivity contribution in [1.29, 1.82) is 0 Å². The molecular formula is C19H20BrN3O5. The van der Waals surface area contributed by atoms with Crippen LogP contribution in [0.15, 0.2) is 46.0 Å². The average molecular weight is 450 g/mol. The third kappa shape index (κ3) is 5.71. The van der Waals surface area contributed by atoms with Crippen LogP contribution >= 0.6 is 15.9 Å². The smallest absolute Gasteiger partial charge is 0.259 e. The molecule has 0 aliphatic carbocycles. The Balaban J connectivity index is 1.90. The van der Waals surface area contributed by atoms with Crippen molar-refractivity contribution in [3.8, 4) is 17.2 Å². The molecule has 0 aliphatic heterocycles. The highest BCUT2D eigenvalue weighted by Crippen LogP contribution is 2.27. The van der Waals surface area contributed by atoms with Gasteiger partial charge >= 0.3 is 0 Å². The number of carbonyl (C=O) groups is 2. The van der Waals surface area contributed by atoms with Crippen molar-refractivity contribution in [2.24, 2.45) is 5.10 Å².